The van der Waals surface area contributed by atoms with Crippen LogP contribution < -0.4 is 20.1 Å². The quantitative estimate of drug-likeness (QED) is 0.174. The van der Waals surface area contributed by atoms with Crippen LogP contribution in [0.1, 0.15) is 36.9 Å². The van der Waals surface area contributed by atoms with Crippen molar-refractivity contribution in [3.63, 3.8) is 0 Å². The van der Waals surface area contributed by atoms with Crippen molar-refractivity contribution in [3.05, 3.63) is 76.0 Å². The van der Waals surface area contributed by atoms with Crippen LogP contribution in [0.2, 0.25) is 10.0 Å². The summed E-state index contributed by atoms with van der Waals surface area (Å²) in [6, 6.07) is 15.4. The molecule has 4 aromatic rings. The number of hydrogen-bond acceptors (Lipinski definition) is 9. The normalized spacial score (nSPS) is 19.2. The van der Waals surface area contributed by atoms with Crippen molar-refractivity contribution >= 4 is 29.1 Å². The van der Waals surface area contributed by atoms with Crippen molar-refractivity contribution in [2.45, 2.75) is 56.8 Å². The summed E-state index contributed by atoms with van der Waals surface area (Å²) in [4.78, 5) is 25.7. The molecule has 47 heavy (non-hydrogen) atoms. The van der Waals surface area contributed by atoms with Gasteiger partial charge in [0.2, 0.25) is 17.7 Å². The molecule has 0 aliphatic carbocycles. The van der Waals surface area contributed by atoms with Gasteiger partial charge in [0.1, 0.15) is 5.69 Å². The third-order valence-electron chi connectivity index (χ3n) is 8.63. The average Bonchev–Trinajstić information content (AvgIpc) is 3.70. The van der Waals surface area contributed by atoms with Gasteiger partial charge in [-0.1, -0.05) is 65.7 Å². The van der Waals surface area contributed by atoms with Crippen molar-refractivity contribution in [2.24, 2.45) is 0 Å². The molecule has 6 rings (SSSR count). The van der Waals surface area contributed by atoms with E-state index < -0.39 is 6.10 Å². The second kappa shape index (κ2) is 15.0. The van der Waals surface area contributed by atoms with Gasteiger partial charge >= 0.3 is 0 Å². The third-order valence-corrected chi connectivity index (χ3v) is 9.45. The van der Waals surface area contributed by atoms with E-state index >= 15 is 0 Å². The monoisotopic (exact) mass is 677 g/mol. The Morgan fingerprint density at radius 2 is 1.62 bits per heavy atom. The van der Waals surface area contributed by atoms with Crippen LogP contribution in [0.15, 0.2) is 54.7 Å². The average molecular weight is 679 g/mol. The van der Waals surface area contributed by atoms with Crippen LogP contribution in [0, 0.1) is 0 Å². The molecule has 0 radical (unpaired) electrons. The molecule has 3 atom stereocenters. The second-order valence-electron chi connectivity index (χ2n) is 11.7. The van der Waals surface area contributed by atoms with E-state index in [1.54, 1.807) is 20.4 Å². The van der Waals surface area contributed by atoms with Crippen molar-refractivity contribution in [3.8, 4) is 45.4 Å². The minimum atomic E-state index is -0.544. The molecule has 1 amide bonds. The van der Waals surface area contributed by atoms with Crippen LogP contribution in [0.5, 0.6) is 11.8 Å². The predicted molar refractivity (Wildman–Crippen MR) is 181 cm³/mol. The van der Waals surface area contributed by atoms with Crippen LogP contribution in [-0.4, -0.2) is 71.6 Å². The topological polar surface area (TPSA) is 128 Å². The third kappa shape index (κ3) is 7.37. The molecule has 2 aromatic heterocycles. The standard InChI is InChI=1S/C35H37Cl2N5O5/c1-45-34-20(16-38-29-18-47-19-30(29)43)12-14-26(41-34)24-9-4-7-22(32(24)36)23-8-5-10-25(33(23)37)28-17-39-27(35(42-28)46-2)11-3-6-21-13-15-31(44)40-21/h4-5,7-10,12,14,17,21,29-30,38,43H,3,6,11,13,15-16,18-19H2,1-2H3,(H,40,44)/t21-,29-,30-/m1/s1. The first-order valence-corrected chi connectivity index (χ1v) is 16.4. The number of nitrogens with zero attached hydrogens (tertiary/aromatic N) is 3. The zero-order valence-electron chi connectivity index (χ0n) is 26.3. The maximum atomic E-state index is 11.5. The summed E-state index contributed by atoms with van der Waals surface area (Å²) in [5.41, 5.74) is 5.76. The van der Waals surface area contributed by atoms with Crippen molar-refractivity contribution in [1.29, 1.82) is 0 Å². The molecule has 2 saturated heterocycles. The Balaban J connectivity index is 1.23. The van der Waals surface area contributed by atoms with Crippen LogP contribution in [0.25, 0.3) is 33.6 Å². The van der Waals surface area contributed by atoms with E-state index in [1.165, 1.54) is 0 Å². The minimum Gasteiger partial charge on any atom is -0.481 e. The molecule has 3 N–H and O–H groups in total. The number of aromatic nitrogens is 3. The fourth-order valence-electron chi connectivity index (χ4n) is 6.06. The zero-order valence-corrected chi connectivity index (χ0v) is 27.8. The molecular formula is C35H37Cl2N5O5. The molecule has 12 heteroatoms. The number of hydrogen-bond donors (Lipinski definition) is 3. The van der Waals surface area contributed by atoms with Crippen molar-refractivity contribution in [1.82, 2.24) is 25.6 Å². The molecule has 0 spiro atoms. The molecule has 2 aliphatic heterocycles. The smallest absolute Gasteiger partial charge is 0.235 e. The lowest BCUT2D eigenvalue weighted by Gasteiger charge is -2.17. The molecule has 0 saturated carbocycles. The number of ether oxygens (including phenoxy) is 3. The number of halogens is 2. The number of aliphatic hydroxyl groups is 1. The Morgan fingerprint density at radius 3 is 2.26 bits per heavy atom. The fraction of sp³-hybridized carbons (Fsp3) is 0.371. The predicted octanol–water partition coefficient (Wildman–Crippen LogP) is 5.65. The molecule has 0 bridgehead atoms. The zero-order chi connectivity index (χ0) is 32.9. The first-order chi connectivity index (χ1) is 22.9. The van der Waals surface area contributed by atoms with Crippen LogP contribution in [0.3, 0.4) is 0 Å². The van der Waals surface area contributed by atoms with Gasteiger partial charge in [-0.3, -0.25) is 9.78 Å². The number of carbonyl (C=O) groups is 1. The first-order valence-electron chi connectivity index (χ1n) is 15.7. The highest BCUT2D eigenvalue weighted by Gasteiger charge is 2.26. The summed E-state index contributed by atoms with van der Waals surface area (Å²) in [5, 5.41) is 17.4. The molecular weight excluding hydrogens is 641 g/mol. The van der Waals surface area contributed by atoms with Gasteiger partial charge in [0.25, 0.3) is 0 Å². The van der Waals surface area contributed by atoms with Crippen LogP contribution in [0.4, 0.5) is 0 Å². The molecule has 2 fully saturated rings. The lowest BCUT2D eigenvalue weighted by Crippen LogP contribution is -2.38. The van der Waals surface area contributed by atoms with Gasteiger partial charge in [-0.25, -0.2) is 9.97 Å². The van der Waals surface area contributed by atoms with Gasteiger partial charge < -0.3 is 30.0 Å². The lowest BCUT2D eigenvalue weighted by molar-refractivity contribution is -0.119. The Kier molecular flexibility index (Phi) is 10.5. The SMILES string of the molecule is COc1nc(-c2cccc(-c3cccc(-c4cnc(CCC[C@@H]5CCC(=O)N5)c(OC)n4)c3Cl)c2Cl)ccc1CN[C@@H]1COC[C@H]1O. The van der Waals surface area contributed by atoms with E-state index in [9.17, 15) is 9.90 Å². The van der Waals surface area contributed by atoms with E-state index in [-0.39, 0.29) is 18.0 Å². The Labute approximate surface area is 283 Å². The highest BCUT2D eigenvalue weighted by molar-refractivity contribution is 6.39. The molecule has 4 heterocycles. The number of carbonyl (C=O) groups excluding carboxylic acids is 1. The highest BCUT2D eigenvalue weighted by Crippen LogP contribution is 2.42. The maximum Gasteiger partial charge on any atom is 0.235 e. The number of methoxy groups -OCH3 is 2. The molecule has 0 unspecified atom stereocenters. The molecule has 246 valence electrons. The Hall–Kier alpha value is -3.80. The maximum absolute atomic E-state index is 11.5. The molecule has 10 nitrogen and oxygen atoms in total. The number of aliphatic hydroxyl groups excluding tert-OH is 1. The Bertz CT molecular complexity index is 1760. The first kappa shape index (κ1) is 33.1. The van der Waals surface area contributed by atoms with E-state index in [0.717, 1.165) is 47.2 Å². The number of pyridine rings is 1. The molecule has 2 aromatic carbocycles. The van der Waals surface area contributed by atoms with Crippen LogP contribution >= 0.6 is 23.2 Å². The van der Waals surface area contributed by atoms with E-state index in [4.69, 9.17) is 47.4 Å². The van der Waals surface area contributed by atoms with Gasteiger partial charge in [0, 0.05) is 46.8 Å². The van der Waals surface area contributed by atoms with Crippen LogP contribution in [-0.2, 0) is 22.5 Å². The van der Waals surface area contributed by atoms with Crippen molar-refractivity contribution < 1.29 is 24.1 Å². The summed E-state index contributed by atoms with van der Waals surface area (Å²) in [6.07, 6.45) is 5.08. The highest BCUT2D eigenvalue weighted by atomic mass is 35.5. The van der Waals surface area contributed by atoms with Gasteiger partial charge in [-0.05, 0) is 31.7 Å². The second-order valence-corrected chi connectivity index (χ2v) is 12.5. The lowest BCUT2D eigenvalue weighted by atomic mass is 9.98. The summed E-state index contributed by atoms with van der Waals surface area (Å²) in [7, 11) is 3.16. The summed E-state index contributed by atoms with van der Waals surface area (Å²) in [6.45, 7) is 1.24. The van der Waals surface area contributed by atoms with E-state index in [2.05, 4.69) is 15.6 Å². The summed E-state index contributed by atoms with van der Waals surface area (Å²) >= 11 is 14.1. The van der Waals surface area contributed by atoms with Gasteiger partial charge in [-0.15, -0.1) is 0 Å². The largest absolute Gasteiger partial charge is 0.481 e. The van der Waals surface area contributed by atoms with Gasteiger partial charge in [0.05, 0.1) is 67.2 Å². The summed E-state index contributed by atoms with van der Waals surface area (Å²) in [5.74, 6) is 1.04. The van der Waals surface area contributed by atoms with E-state index in [0.29, 0.717) is 71.4 Å². The van der Waals surface area contributed by atoms with Gasteiger partial charge in [-0.2, -0.15) is 0 Å². The number of rotatable bonds is 12. The number of benzene rings is 2. The number of nitrogens with one attached hydrogen (secondary N) is 2. The number of aryl methyl sites for hydroxylation is 1. The van der Waals surface area contributed by atoms with E-state index in [1.807, 2.05) is 48.5 Å². The molecule has 2 aliphatic rings. The summed E-state index contributed by atoms with van der Waals surface area (Å²) < 4.78 is 16.6. The van der Waals surface area contributed by atoms with Crippen molar-refractivity contribution in [2.75, 3.05) is 27.4 Å². The van der Waals surface area contributed by atoms with Gasteiger partial charge in [0.15, 0.2) is 0 Å². The number of amides is 1. The fourth-order valence-corrected chi connectivity index (χ4v) is 6.71. The Morgan fingerprint density at radius 1 is 0.936 bits per heavy atom. The minimum absolute atomic E-state index is 0.122.